The van der Waals surface area contributed by atoms with Gasteiger partial charge >= 0.3 is 0 Å². The van der Waals surface area contributed by atoms with E-state index in [1.54, 1.807) is 12.3 Å². The van der Waals surface area contributed by atoms with E-state index in [1.807, 2.05) is 18.3 Å². The molecule has 1 atom stereocenters. The first-order valence-corrected chi connectivity index (χ1v) is 8.14. The Kier molecular flexibility index (Phi) is 5.94. The number of imidazole rings is 1. The molecule has 5 heteroatoms. The second kappa shape index (κ2) is 7.71. The minimum Gasteiger partial charge on any atom is -0.335 e. The number of nitrogens with one attached hydrogen (secondary N) is 1. The summed E-state index contributed by atoms with van der Waals surface area (Å²) in [5, 5.41) is 3.43. The van der Waals surface area contributed by atoms with Crippen molar-refractivity contribution in [2.45, 2.75) is 39.3 Å². The zero-order valence-corrected chi connectivity index (χ0v) is 14.0. The summed E-state index contributed by atoms with van der Waals surface area (Å²) in [6, 6.07) is 5.36. The molecule has 0 saturated heterocycles. The monoisotopic (exact) mass is 353 g/mol. The summed E-state index contributed by atoms with van der Waals surface area (Å²) in [6.07, 6.45) is 5.44. The molecule has 1 aromatic heterocycles. The first-order valence-electron chi connectivity index (χ1n) is 7.34. The molecule has 0 aliphatic rings. The lowest BCUT2D eigenvalue weighted by atomic mass is 10.0. The van der Waals surface area contributed by atoms with Crippen LogP contribution in [0, 0.1) is 5.82 Å². The molecule has 1 aromatic carbocycles. The van der Waals surface area contributed by atoms with Crippen LogP contribution in [0.25, 0.3) is 0 Å². The predicted molar refractivity (Wildman–Crippen MR) is 86.7 cm³/mol. The van der Waals surface area contributed by atoms with Gasteiger partial charge in [-0.2, -0.15) is 0 Å². The van der Waals surface area contributed by atoms with Crippen LogP contribution in [-0.2, 0) is 13.0 Å². The molecule has 0 saturated carbocycles. The van der Waals surface area contributed by atoms with E-state index < -0.39 is 0 Å². The zero-order chi connectivity index (χ0) is 15.2. The van der Waals surface area contributed by atoms with Crippen molar-refractivity contribution in [2.75, 3.05) is 6.54 Å². The van der Waals surface area contributed by atoms with Gasteiger partial charge in [-0.05, 0) is 41.9 Å². The highest BCUT2D eigenvalue weighted by molar-refractivity contribution is 9.10. The Bertz CT molecular complexity index is 583. The van der Waals surface area contributed by atoms with E-state index in [1.165, 1.54) is 0 Å². The highest BCUT2D eigenvalue weighted by Gasteiger charge is 2.19. The summed E-state index contributed by atoms with van der Waals surface area (Å²) in [5.74, 6) is 0.784. The van der Waals surface area contributed by atoms with Crippen molar-refractivity contribution in [1.82, 2.24) is 14.9 Å². The lowest BCUT2D eigenvalue weighted by Crippen LogP contribution is -2.26. The Labute approximate surface area is 133 Å². The first-order chi connectivity index (χ1) is 10.2. The quantitative estimate of drug-likeness (QED) is 0.812. The Balaban J connectivity index is 2.28. The molecule has 0 radical (unpaired) electrons. The molecule has 2 rings (SSSR count). The Hall–Kier alpha value is -1.20. The maximum absolute atomic E-state index is 14.4. The molecule has 2 aromatic rings. The van der Waals surface area contributed by atoms with Gasteiger partial charge in [-0.25, -0.2) is 9.37 Å². The first kappa shape index (κ1) is 16.2. The fourth-order valence-electron chi connectivity index (χ4n) is 2.40. The average Bonchev–Trinajstić information content (AvgIpc) is 2.93. The van der Waals surface area contributed by atoms with Gasteiger partial charge in [0, 0.05) is 37.0 Å². The van der Waals surface area contributed by atoms with Gasteiger partial charge in [-0.1, -0.05) is 19.1 Å². The number of benzene rings is 1. The van der Waals surface area contributed by atoms with Crippen LogP contribution in [0.1, 0.15) is 37.7 Å². The molecule has 0 aliphatic carbocycles. The van der Waals surface area contributed by atoms with E-state index in [-0.39, 0.29) is 11.9 Å². The molecule has 21 heavy (non-hydrogen) atoms. The predicted octanol–water partition coefficient (Wildman–Crippen LogP) is 4.09. The molecule has 0 fully saturated rings. The Morgan fingerprint density at radius 1 is 1.38 bits per heavy atom. The summed E-state index contributed by atoms with van der Waals surface area (Å²) >= 11 is 3.27. The van der Waals surface area contributed by atoms with E-state index in [4.69, 9.17) is 0 Å². The van der Waals surface area contributed by atoms with E-state index in [0.717, 1.165) is 25.3 Å². The van der Waals surface area contributed by atoms with Gasteiger partial charge in [-0.3, -0.25) is 0 Å². The van der Waals surface area contributed by atoms with Crippen molar-refractivity contribution in [3.63, 3.8) is 0 Å². The zero-order valence-electron chi connectivity index (χ0n) is 12.4. The number of aryl methyl sites for hydroxylation is 1. The standard InChI is InChI=1S/C16H21BrFN3/c1-3-8-19-14(11-15-20-9-10-21(15)4-2)12-6-5-7-13(17)16(12)18/h5-7,9-10,14,19H,3-4,8,11H2,1-2H3. The third kappa shape index (κ3) is 3.92. The fourth-order valence-corrected chi connectivity index (χ4v) is 2.78. The van der Waals surface area contributed by atoms with Gasteiger partial charge in [0.1, 0.15) is 11.6 Å². The van der Waals surface area contributed by atoms with Crippen molar-refractivity contribution < 1.29 is 4.39 Å². The molecule has 1 unspecified atom stereocenters. The van der Waals surface area contributed by atoms with Crippen LogP contribution in [0.3, 0.4) is 0 Å². The largest absolute Gasteiger partial charge is 0.335 e. The van der Waals surface area contributed by atoms with E-state index in [2.05, 4.69) is 44.6 Å². The number of hydrogen-bond donors (Lipinski definition) is 1. The minimum atomic E-state index is -0.194. The highest BCUT2D eigenvalue weighted by atomic mass is 79.9. The molecule has 0 bridgehead atoms. The number of aromatic nitrogens is 2. The summed E-state index contributed by atoms with van der Waals surface area (Å²) in [7, 11) is 0. The molecule has 0 spiro atoms. The van der Waals surface area contributed by atoms with Gasteiger partial charge in [0.25, 0.3) is 0 Å². The van der Waals surface area contributed by atoms with Crippen LogP contribution >= 0.6 is 15.9 Å². The van der Waals surface area contributed by atoms with Crippen LogP contribution in [0.4, 0.5) is 4.39 Å². The third-order valence-electron chi connectivity index (χ3n) is 3.53. The maximum atomic E-state index is 14.4. The van der Waals surface area contributed by atoms with Crippen molar-refractivity contribution in [1.29, 1.82) is 0 Å². The van der Waals surface area contributed by atoms with Crippen LogP contribution in [0.5, 0.6) is 0 Å². The lowest BCUT2D eigenvalue weighted by Gasteiger charge is -2.20. The molecule has 0 aliphatic heterocycles. The molecular formula is C16H21BrFN3. The normalized spacial score (nSPS) is 12.6. The van der Waals surface area contributed by atoms with Gasteiger partial charge in [0.05, 0.1) is 4.47 Å². The lowest BCUT2D eigenvalue weighted by molar-refractivity contribution is 0.479. The second-order valence-corrected chi connectivity index (χ2v) is 5.84. The summed E-state index contributed by atoms with van der Waals surface area (Å²) in [4.78, 5) is 4.40. The number of halogens is 2. The molecule has 1 N–H and O–H groups in total. The van der Waals surface area contributed by atoms with Gasteiger partial charge in [-0.15, -0.1) is 0 Å². The van der Waals surface area contributed by atoms with E-state index >= 15 is 0 Å². The van der Waals surface area contributed by atoms with Gasteiger partial charge in [0.2, 0.25) is 0 Å². The van der Waals surface area contributed by atoms with E-state index in [0.29, 0.717) is 16.5 Å². The smallest absolute Gasteiger partial charge is 0.142 e. The van der Waals surface area contributed by atoms with Crippen molar-refractivity contribution in [3.05, 3.63) is 52.3 Å². The van der Waals surface area contributed by atoms with Crippen LogP contribution < -0.4 is 5.32 Å². The van der Waals surface area contributed by atoms with Crippen LogP contribution in [0.15, 0.2) is 35.1 Å². The molecule has 1 heterocycles. The summed E-state index contributed by atoms with van der Waals surface area (Å²) < 4.78 is 17.0. The van der Waals surface area contributed by atoms with Crippen molar-refractivity contribution in [2.24, 2.45) is 0 Å². The highest BCUT2D eigenvalue weighted by Crippen LogP contribution is 2.26. The Morgan fingerprint density at radius 2 is 2.19 bits per heavy atom. The SMILES string of the molecule is CCCNC(Cc1nccn1CC)c1cccc(Br)c1F. The number of nitrogens with zero attached hydrogens (tertiary/aromatic N) is 2. The molecular weight excluding hydrogens is 333 g/mol. The number of rotatable bonds is 7. The van der Waals surface area contributed by atoms with Crippen LogP contribution in [-0.4, -0.2) is 16.1 Å². The summed E-state index contributed by atoms with van der Waals surface area (Å²) in [6.45, 7) is 5.91. The number of hydrogen-bond acceptors (Lipinski definition) is 2. The summed E-state index contributed by atoms with van der Waals surface area (Å²) in [5.41, 5.74) is 0.684. The fraction of sp³-hybridized carbons (Fsp3) is 0.438. The third-order valence-corrected chi connectivity index (χ3v) is 4.14. The minimum absolute atomic E-state index is 0.0739. The van der Waals surface area contributed by atoms with E-state index in [9.17, 15) is 4.39 Å². The van der Waals surface area contributed by atoms with Gasteiger partial charge in [0.15, 0.2) is 0 Å². The van der Waals surface area contributed by atoms with Crippen molar-refractivity contribution in [3.8, 4) is 0 Å². The average molecular weight is 354 g/mol. The van der Waals surface area contributed by atoms with Gasteiger partial charge < -0.3 is 9.88 Å². The Morgan fingerprint density at radius 3 is 2.90 bits per heavy atom. The van der Waals surface area contributed by atoms with Crippen molar-refractivity contribution >= 4 is 15.9 Å². The second-order valence-electron chi connectivity index (χ2n) is 4.98. The maximum Gasteiger partial charge on any atom is 0.142 e. The molecule has 3 nitrogen and oxygen atoms in total. The molecule has 0 amide bonds. The molecule has 114 valence electrons. The van der Waals surface area contributed by atoms with Crippen LogP contribution in [0.2, 0.25) is 0 Å². The topological polar surface area (TPSA) is 29.9 Å².